The Morgan fingerprint density at radius 2 is 2.33 bits per heavy atom. The fourth-order valence-electron chi connectivity index (χ4n) is 2.56. The second-order valence-electron chi connectivity index (χ2n) is 4.10. The second kappa shape index (κ2) is 3.39. The van der Waals surface area contributed by atoms with Crippen molar-refractivity contribution in [3.05, 3.63) is 0 Å². The van der Waals surface area contributed by atoms with Gasteiger partial charge in [-0.1, -0.05) is 6.92 Å². The summed E-state index contributed by atoms with van der Waals surface area (Å²) in [5.74, 6) is 0.574. The summed E-state index contributed by atoms with van der Waals surface area (Å²) in [7, 11) is 2.33. The van der Waals surface area contributed by atoms with E-state index in [2.05, 4.69) is 19.1 Å². The van der Waals surface area contributed by atoms with E-state index in [0.717, 1.165) is 12.1 Å². The van der Waals surface area contributed by atoms with Crippen molar-refractivity contribution in [3.8, 4) is 0 Å². The quantitative estimate of drug-likeness (QED) is 0.615. The van der Waals surface area contributed by atoms with E-state index in [4.69, 9.17) is 5.11 Å². The first kappa shape index (κ1) is 8.58. The van der Waals surface area contributed by atoms with Crippen molar-refractivity contribution in [2.24, 2.45) is 5.92 Å². The molecule has 0 amide bonds. The van der Waals surface area contributed by atoms with E-state index in [9.17, 15) is 0 Å². The topological polar surface area (TPSA) is 23.5 Å². The van der Waals surface area contributed by atoms with Crippen LogP contribution in [0.1, 0.15) is 26.2 Å². The molecular weight excluding hydrogens is 149 g/mol. The molecule has 2 heterocycles. The molecule has 2 aliphatic rings. The molecule has 2 saturated heterocycles. The Morgan fingerprint density at radius 1 is 1.50 bits per heavy atom. The molecule has 0 aromatic carbocycles. The molecule has 1 radical (unpaired) electrons. The Hall–Kier alpha value is -0.0151. The maximum absolute atomic E-state index is 9.10. The molecule has 2 aliphatic heterocycles. The molecule has 0 saturated carbocycles. The molecular formula is C9H17BNO. The molecule has 0 bridgehead atoms. The molecule has 2 fully saturated rings. The Labute approximate surface area is 75.2 Å². The molecule has 3 atom stereocenters. The first-order chi connectivity index (χ1) is 5.85. The molecule has 2 rings (SSSR count). The zero-order valence-electron chi connectivity index (χ0n) is 7.74. The summed E-state index contributed by atoms with van der Waals surface area (Å²) in [6.45, 7) is 2.63. The summed E-state index contributed by atoms with van der Waals surface area (Å²) < 4.78 is 0. The van der Waals surface area contributed by atoms with Crippen molar-refractivity contribution in [1.82, 2.24) is 4.81 Å². The SMILES string of the molecule is CCC1CC(CO)CC2C[B]N12. The highest BCUT2D eigenvalue weighted by Gasteiger charge is 2.39. The number of hydrogen-bond donors (Lipinski definition) is 1. The molecule has 67 valence electrons. The average molecular weight is 166 g/mol. The zero-order valence-corrected chi connectivity index (χ0v) is 7.74. The Kier molecular flexibility index (Phi) is 2.42. The van der Waals surface area contributed by atoms with Gasteiger partial charge in [-0.3, -0.25) is 0 Å². The fraction of sp³-hybridized carbons (Fsp3) is 1.00. The van der Waals surface area contributed by atoms with Crippen LogP contribution in [-0.4, -0.2) is 36.0 Å². The van der Waals surface area contributed by atoms with Crippen LogP contribution in [0.2, 0.25) is 6.32 Å². The number of nitrogens with zero attached hydrogens (tertiary/aromatic N) is 1. The van der Waals surface area contributed by atoms with Crippen molar-refractivity contribution >= 4 is 7.41 Å². The van der Waals surface area contributed by atoms with Crippen LogP contribution < -0.4 is 0 Å². The third-order valence-electron chi connectivity index (χ3n) is 3.37. The van der Waals surface area contributed by atoms with Crippen molar-refractivity contribution in [3.63, 3.8) is 0 Å². The van der Waals surface area contributed by atoms with Crippen LogP contribution in [0, 0.1) is 5.92 Å². The third kappa shape index (κ3) is 1.29. The van der Waals surface area contributed by atoms with Gasteiger partial charge in [-0.05, 0) is 43.6 Å². The van der Waals surface area contributed by atoms with Crippen molar-refractivity contribution in [1.29, 1.82) is 0 Å². The molecule has 2 nitrogen and oxygen atoms in total. The summed E-state index contributed by atoms with van der Waals surface area (Å²) in [5, 5.41) is 9.10. The van der Waals surface area contributed by atoms with Gasteiger partial charge in [0, 0.05) is 6.61 Å². The lowest BCUT2D eigenvalue weighted by Gasteiger charge is -2.51. The lowest BCUT2D eigenvalue weighted by atomic mass is 9.62. The molecule has 3 unspecified atom stereocenters. The zero-order chi connectivity index (χ0) is 8.55. The highest BCUT2D eigenvalue weighted by Crippen LogP contribution is 2.35. The second-order valence-corrected chi connectivity index (χ2v) is 4.10. The number of fused-ring (bicyclic) bond motifs is 1. The maximum Gasteiger partial charge on any atom is 0.210 e. The van der Waals surface area contributed by atoms with Crippen LogP contribution in [-0.2, 0) is 0 Å². The summed E-state index contributed by atoms with van der Waals surface area (Å²) in [5.41, 5.74) is 0. The third-order valence-corrected chi connectivity index (χ3v) is 3.37. The van der Waals surface area contributed by atoms with Crippen LogP contribution in [0.25, 0.3) is 0 Å². The van der Waals surface area contributed by atoms with Gasteiger partial charge >= 0.3 is 0 Å². The normalized spacial score (nSPS) is 41.3. The summed E-state index contributed by atoms with van der Waals surface area (Å²) in [6.07, 6.45) is 4.88. The largest absolute Gasteiger partial charge is 0.396 e. The van der Waals surface area contributed by atoms with Gasteiger partial charge in [0.05, 0.1) is 0 Å². The van der Waals surface area contributed by atoms with E-state index in [0.29, 0.717) is 12.5 Å². The Morgan fingerprint density at radius 3 is 2.83 bits per heavy atom. The maximum atomic E-state index is 9.10. The van der Waals surface area contributed by atoms with Crippen LogP contribution in [0.4, 0.5) is 0 Å². The summed E-state index contributed by atoms with van der Waals surface area (Å²) in [6, 6.07) is 1.48. The Balaban J connectivity index is 1.95. The van der Waals surface area contributed by atoms with E-state index in [1.54, 1.807) is 0 Å². The number of rotatable bonds is 2. The fourth-order valence-corrected chi connectivity index (χ4v) is 2.56. The highest BCUT2D eigenvalue weighted by molar-refractivity contribution is 6.36. The van der Waals surface area contributed by atoms with Gasteiger partial charge < -0.3 is 9.92 Å². The molecule has 12 heavy (non-hydrogen) atoms. The lowest BCUT2D eigenvalue weighted by molar-refractivity contribution is 0.0759. The van der Waals surface area contributed by atoms with Gasteiger partial charge in [-0.15, -0.1) is 0 Å². The number of aliphatic hydroxyl groups is 1. The van der Waals surface area contributed by atoms with Crippen LogP contribution in [0.5, 0.6) is 0 Å². The summed E-state index contributed by atoms with van der Waals surface area (Å²) in [4.78, 5) is 2.51. The molecule has 0 aromatic heterocycles. The number of piperidine rings is 1. The number of hydrogen-bond acceptors (Lipinski definition) is 2. The van der Waals surface area contributed by atoms with Crippen molar-refractivity contribution < 1.29 is 5.11 Å². The number of aliphatic hydroxyl groups excluding tert-OH is 1. The van der Waals surface area contributed by atoms with E-state index in [-0.39, 0.29) is 0 Å². The first-order valence-corrected chi connectivity index (χ1v) is 5.06. The summed E-state index contributed by atoms with van der Waals surface area (Å²) >= 11 is 0. The molecule has 0 aromatic rings. The van der Waals surface area contributed by atoms with Gasteiger partial charge in [-0.25, -0.2) is 0 Å². The monoisotopic (exact) mass is 166 g/mol. The lowest BCUT2D eigenvalue weighted by Crippen LogP contribution is -2.59. The van der Waals surface area contributed by atoms with Gasteiger partial charge in [0.2, 0.25) is 7.41 Å². The van der Waals surface area contributed by atoms with Gasteiger partial charge in [0.1, 0.15) is 0 Å². The van der Waals surface area contributed by atoms with Crippen LogP contribution >= 0.6 is 0 Å². The molecule has 0 spiro atoms. The van der Waals surface area contributed by atoms with E-state index in [1.807, 2.05) is 0 Å². The van der Waals surface area contributed by atoms with E-state index in [1.165, 1.54) is 25.6 Å². The van der Waals surface area contributed by atoms with E-state index < -0.39 is 0 Å². The minimum Gasteiger partial charge on any atom is -0.396 e. The van der Waals surface area contributed by atoms with Gasteiger partial charge in [0.25, 0.3) is 0 Å². The first-order valence-electron chi connectivity index (χ1n) is 5.06. The minimum atomic E-state index is 0.390. The van der Waals surface area contributed by atoms with Crippen molar-refractivity contribution in [2.45, 2.75) is 44.6 Å². The predicted molar refractivity (Wildman–Crippen MR) is 50.1 cm³/mol. The predicted octanol–water partition coefficient (Wildman–Crippen LogP) is 0.889. The average Bonchev–Trinajstić information content (AvgIpc) is 2.06. The highest BCUT2D eigenvalue weighted by atomic mass is 16.3. The van der Waals surface area contributed by atoms with Crippen LogP contribution in [0.15, 0.2) is 0 Å². The Bertz CT molecular complexity index is 163. The van der Waals surface area contributed by atoms with E-state index >= 15 is 0 Å². The minimum absolute atomic E-state index is 0.390. The molecule has 1 N–H and O–H groups in total. The van der Waals surface area contributed by atoms with Gasteiger partial charge in [0.15, 0.2) is 0 Å². The van der Waals surface area contributed by atoms with Crippen LogP contribution in [0.3, 0.4) is 0 Å². The van der Waals surface area contributed by atoms with Crippen molar-refractivity contribution in [2.75, 3.05) is 6.61 Å². The van der Waals surface area contributed by atoms with Gasteiger partial charge in [-0.2, -0.15) is 0 Å². The molecule has 3 heteroatoms. The smallest absolute Gasteiger partial charge is 0.210 e. The molecule has 0 aliphatic carbocycles. The standard InChI is InChI=1S/C9H17BNO/c1-2-8-3-7(6-12)4-9-5-10-11(8)9/h7-9,12H,2-6H2,1H3.